The largest absolute Gasteiger partial charge is 0.490 e. The van der Waals surface area contributed by atoms with Gasteiger partial charge >= 0.3 is 6.09 Å². The van der Waals surface area contributed by atoms with Gasteiger partial charge in [0.05, 0.1) is 12.2 Å². The number of nitrogen functional groups attached to an aromatic ring is 1. The van der Waals surface area contributed by atoms with E-state index in [1.807, 2.05) is 30.3 Å². The molecule has 0 aliphatic carbocycles. The van der Waals surface area contributed by atoms with Crippen LogP contribution < -0.4 is 15.4 Å². The molecule has 1 heterocycles. The van der Waals surface area contributed by atoms with E-state index in [1.165, 1.54) is 0 Å². The number of ether oxygens (including phenoxy) is 2. The van der Waals surface area contributed by atoms with Crippen molar-refractivity contribution in [2.75, 3.05) is 23.8 Å². The van der Waals surface area contributed by atoms with Crippen molar-refractivity contribution in [2.24, 2.45) is 0 Å². The molecule has 1 aliphatic heterocycles. The van der Waals surface area contributed by atoms with Crippen LogP contribution in [0.3, 0.4) is 0 Å². The number of carbonyl (C=O) groups excluding carboxylic acids is 1. The predicted molar refractivity (Wildman–Crippen MR) is 80.3 cm³/mol. The van der Waals surface area contributed by atoms with Crippen LogP contribution in [0.4, 0.5) is 16.2 Å². The normalized spacial score (nSPS) is 13.2. The van der Waals surface area contributed by atoms with Gasteiger partial charge in [-0.2, -0.15) is 0 Å². The van der Waals surface area contributed by atoms with Gasteiger partial charge in [0.25, 0.3) is 0 Å². The fourth-order valence-electron chi connectivity index (χ4n) is 2.22. The quantitative estimate of drug-likeness (QED) is 0.861. The first-order chi connectivity index (χ1) is 10.2. The van der Waals surface area contributed by atoms with Crippen molar-refractivity contribution < 1.29 is 14.3 Å². The van der Waals surface area contributed by atoms with Crippen LogP contribution in [-0.2, 0) is 11.3 Å². The molecule has 0 spiro atoms. The number of benzene rings is 2. The predicted octanol–water partition coefficient (Wildman–Crippen LogP) is 2.80. The van der Waals surface area contributed by atoms with E-state index in [0.29, 0.717) is 30.3 Å². The number of rotatable bonds is 2. The second-order valence-electron chi connectivity index (χ2n) is 4.77. The molecule has 0 bridgehead atoms. The Labute approximate surface area is 122 Å². The molecule has 2 N–H and O–H groups in total. The summed E-state index contributed by atoms with van der Waals surface area (Å²) >= 11 is 0. The highest BCUT2D eigenvalue weighted by molar-refractivity contribution is 5.91. The summed E-state index contributed by atoms with van der Waals surface area (Å²) < 4.78 is 10.9. The van der Waals surface area contributed by atoms with Crippen molar-refractivity contribution in [3.8, 4) is 5.75 Å². The smallest absolute Gasteiger partial charge is 0.414 e. The van der Waals surface area contributed by atoms with Crippen molar-refractivity contribution in [1.29, 1.82) is 0 Å². The fourth-order valence-corrected chi connectivity index (χ4v) is 2.22. The molecule has 0 saturated heterocycles. The van der Waals surface area contributed by atoms with Crippen LogP contribution in [0.5, 0.6) is 5.75 Å². The van der Waals surface area contributed by atoms with Gasteiger partial charge in [-0.3, -0.25) is 4.90 Å². The topological polar surface area (TPSA) is 64.8 Å². The molecule has 21 heavy (non-hydrogen) atoms. The summed E-state index contributed by atoms with van der Waals surface area (Å²) in [7, 11) is 0. The molecular weight excluding hydrogens is 268 g/mol. The van der Waals surface area contributed by atoms with Crippen LogP contribution in [0, 0.1) is 0 Å². The summed E-state index contributed by atoms with van der Waals surface area (Å²) in [4.78, 5) is 13.8. The minimum atomic E-state index is -0.394. The fraction of sp³-hybridized carbons (Fsp3) is 0.188. The highest BCUT2D eigenvalue weighted by Crippen LogP contribution is 2.33. The summed E-state index contributed by atoms with van der Waals surface area (Å²) in [6, 6.07) is 14.8. The van der Waals surface area contributed by atoms with Gasteiger partial charge in [-0.05, 0) is 23.8 Å². The Kier molecular flexibility index (Phi) is 3.64. The molecule has 1 aliphatic rings. The molecule has 0 fully saturated rings. The van der Waals surface area contributed by atoms with Crippen LogP contribution >= 0.6 is 0 Å². The molecule has 3 rings (SSSR count). The standard InChI is InChI=1S/C16H16N2O3/c17-13-6-7-15-14(10-13)18(8-9-20-15)16(19)21-11-12-4-2-1-3-5-12/h1-7,10H,8-9,11,17H2. The van der Waals surface area contributed by atoms with Crippen LogP contribution in [0.2, 0.25) is 0 Å². The second kappa shape index (κ2) is 5.75. The van der Waals surface area contributed by atoms with Gasteiger partial charge in [0, 0.05) is 5.69 Å². The van der Waals surface area contributed by atoms with Crippen molar-refractivity contribution in [2.45, 2.75) is 6.61 Å². The zero-order chi connectivity index (χ0) is 14.7. The lowest BCUT2D eigenvalue weighted by Gasteiger charge is -2.29. The second-order valence-corrected chi connectivity index (χ2v) is 4.77. The summed E-state index contributed by atoms with van der Waals surface area (Å²) in [5.41, 5.74) is 7.96. The Hall–Kier alpha value is -2.69. The molecule has 5 nitrogen and oxygen atoms in total. The Morgan fingerprint density at radius 1 is 1.24 bits per heavy atom. The van der Waals surface area contributed by atoms with E-state index in [0.717, 1.165) is 5.56 Å². The van der Waals surface area contributed by atoms with Gasteiger partial charge < -0.3 is 15.2 Å². The monoisotopic (exact) mass is 284 g/mol. The molecule has 5 heteroatoms. The minimum Gasteiger partial charge on any atom is -0.490 e. The molecule has 0 radical (unpaired) electrons. The highest BCUT2D eigenvalue weighted by atomic mass is 16.6. The van der Waals surface area contributed by atoms with Gasteiger partial charge in [-0.1, -0.05) is 30.3 Å². The van der Waals surface area contributed by atoms with Gasteiger partial charge in [0.1, 0.15) is 19.0 Å². The number of hydrogen-bond acceptors (Lipinski definition) is 4. The minimum absolute atomic E-state index is 0.245. The van der Waals surface area contributed by atoms with Gasteiger partial charge in [0.15, 0.2) is 0 Å². The third kappa shape index (κ3) is 2.91. The molecule has 1 amide bonds. The zero-order valence-electron chi connectivity index (χ0n) is 11.5. The first kappa shape index (κ1) is 13.3. The zero-order valence-corrected chi connectivity index (χ0v) is 11.5. The van der Waals surface area contributed by atoms with E-state index >= 15 is 0 Å². The van der Waals surface area contributed by atoms with E-state index in [4.69, 9.17) is 15.2 Å². The Morgan fingerprint density at radius 2 is 2.05 bits per heavy atom. The average molecular weight is 284 g/mol. The lowest BCUT2D eigenvalue weighted by atomic mass is 10.2. The molecule has 108 valence electrons. The number of amides is 1. The maximum absolute atomic E-state index is 12.3. The molecule has 0 unspecified atom stereocenters. The number of anilines is 2. The number of nitrogens with two attached hydrogens (primary N) is 1. The summed E-state index contributed by atoms with van der Waals surface area (Å²) in [5, 5.41) is 0. The Bertz CT molecular complexity index is 643. The molecule has 0 aromatic heterocycles. The summed E-state index contributed by atoms with van der Waals surface area (Å²) in [6.07, 6.45) is -0.394. The average Bonchev–Trinajstić information content (AvgIpc) is 2.53. The van der Waals surface area contributed by atoms with Crippen LogP contribution in [-0.4, -0.2) is 19.2 Å². The SMILES string of the molecule is Nc1ccc2c(c1)N(C(=O)OCc1ccccc1)CCO2. The van der Waals surface area contributed by atoms with E-state index < -0.39 is 6.09 Å². The van der Waals surface area contributed by atoms with Crippen molar-refractivity contribution in [3.05, 3.63) is 54.1 Å². The molecule has 0 atom stereocenters. The highest BCUT2D eigenvalue weighted by Gasteiger charge is 2.25. The van der Waals surface area contributed by atoms with E-state index in [-0.39, 0.29) is 6.61 Å². The van der Waals surface area contributed by atoms with Crippen molar-refractivity contribution in [1.82, 2.24) is 0 Å². The number of hydrogen-bond donors (Lipinski definition) is 1. The number of carbonyl (C=O) groups is 1. The van der Waals surface area contributed by atoms with Gasteiger partial charge in [-0.15, -0.1) is 0 Å². The van der Waals surface area contributed by atoms with E-state index in [1.54, 1.807) is 23.1 Å². The molecule has 0 saturated carbocycles. The Morgan fingerprint density at radius 3 is 2.86 bits per heavy atom. The van der Waals surface area contributed by atoms with Crippen molar-refractivity contribution >= 4 is 17.5 Å². The number of nitrogens with zero attached hydrogens (tertiary/aromatic N) is 1. The third-order valence-corrected chi connectivity index (χ3v) is 3.27. The maximum Gasteiger partial charge on any atom is 0.414 e. The third-order valence-electron chi connectivity index (χ3n) is 3.27. The van der Waals surface area contributed by atoms with Gasteiger partial charge in [0.2, 0.25) is 0 Å². The lowest BCUT2D eigenvalue weighted by molar-refractivity contribution is 0.144. The van der Waals surface area contributed by atoms with Gasteiger partial charge in [-0.25, -0.2) is 4.79 Å². The summed E-state index contributed by atoms with van der Waals surface area (Å²) in [5.74, 6) is 0.645. The first-order valence-corrected chi connectivity index (χ1v) is 6.74. The molecule has 2 aromatic carbocycles. The van der Waals surface area contributed by atoms with E-state index in [2.05, 4.69) is 0 Å². The van der Waals surface area contributed by atoms with Crippen LogP contribution in [0.1, 0.15) is 5.56 Å². The van der Waals surface area contributed by atoms with E-state index in [9.17, 15) is 4.79 Å². The van der Waals surface area contributed by atoms with Crippen molar-refractivity contribution in [3.63, 3.8) is 0 Å². The summed E-state index contributed by atoms with van der Waals surface area (Å²) in [6.45, 7) is 1.14. The van der Waals surface area contributed by atoms with Crippen LogP contribution in [0.25, 0.3) is 0 Å². The maximum atomic E-state index is 12.3. The molecule has 2 aromatic rings. The number of fused-ring (bicyclic) bond motifs is 1. The molecular formula is C16H16N2O3. The Balaban J connectivity index is 1.73. The lowest BCUT2D eigenvalue weighted by Crippen LogP contribution is -2.38. The van der Waals surface area contributed by atoms with Crippen LogP contribution in [0.15, 0.2) is 48.5 Å². The first-order valence-electron chi connectivity index (χ1n) is 6.74.